The molecule has 4 rings (SSSR count). The molecule has 9 heteroatoms. The van der Waals surface area contributed by atoms with Crippen molar-refractivity contribution in [2.24, 2.45) is 23.7 Å². The molecule has 0 spiro atoms. The lowest BCUT2D eigenvalue weighted by molar-refractivity contribution is -0.177. The molecule has 2 aliphatic rings. The monoisotopic (exact) mass is 481 g/mol. The average molecular weight is 482 g/mol. The van der Waals surface area contributed by atoms with Crippen LogP contribution in [0.2, 0.25) is 0 Å². The van der Waals surface area contributed by atoms with Gasteiger partial charge in [0.05, 0.1) is 63.2 Å². The highest BCUT2D eigenvalue weighted by Gasteiger charge is 2.82. The maximum atomic E-state index is 13.5. The first-order chi connectivity index (χ1) is 16.8. The number of hydrogen-bond donors (Lipinski definition) is 1. The summed E-state index contributed by atoms with van der Waals surface area (Å²) in [4.78, 5) is 53.8. The summed E-state index contributed by atoms with van der Waals surface area (Å²) >= 11 is 0. The minimum atomic E-state index is -1.55. The van der Waals surface area contributed by atoms with Crippen molar-refractivity contribution >= 4 is 23.9 Å². The summed E-state index contributed by atoms with van der Waals surface area (Å²) in [5, 5.41) is 3.45. The van der Waals surface area contributed by atoms with Gasteiger partial charge in [0.2, 0.25) is 0 Å². The molecule has 2 fully saturated rings. The number of nitrogens with one attached hydrogen (secondary N) is 1. The maximum absolute atomic E-state index is 13.5. The molecule has 2 heterocycles. The molecule has 2 bridgehead atoms. The van der Waals surface area contributed by atoms with Gasteiger partial charge in [0.1, 0.15) is 0 Å². The number of carbonyl (C=O) groups excluding carboxylic acids is 4. The summed E-state index contributed by atoms with van der Waals surface area (Å²) < 4.78 is 20.7. The summed E-state index contributed by atoms with van der Waals surface area (Å²) in [5.41, 5.74) is -2.06. The summed E-state index contributed by atoms with van der Waals surface area (Å²) in [6, 6.07) is 17.5. The van der Waals surface area contributed by atoms with Crippen molar-refractivity contribution in [2.45, 2.75) is 11.1 Å². The third-order valence-corrected chi connectivity index (χ3v) is 7.37. The fourth-order valence-electron chi connectivity index (χ4n) is 6.18. The van der Waals surface area contributed by atoms with Crippen LogP contribution in [0.1, 0.15) is 11.1 Å². The van der Waals surface area contributed by atoms with E-state index in [4.69, 9.17) is 18.9 Å². The Balaban J connectivity index is 2.18. The first kappa shape index (κ1) is 24.4. The minimum Gasteiger partial charge on any atom is -0.469 e. The Morgan fingerprint density at radius 1 is 0.543 bits per heavy atom. The predicted molar refractivity (Wildman–Crippen MR) is 121 cm³/mol. The van der Waals surface area contributed by atoms with Crippen molar-refractivity contribution in [3.63, 3.8) is 0 Å². The second-order valence-electron chi connectivity index (χ2n) is 8.60. The van der Waals surface area contributed by atoms with E-state index in [2.05, 4.69) is 5.32 Å². The molecule has 2 aliphatic heterocycles. The van der Waals surface area contributed by atoms with Crippen LogP contribution in [0.25, 0.3) is 0 Å². The van der Waals surface area contributed by atoms with Crippen LogP contribution in [0, 0.1) is 23.7 Å². The second-order valence-corrected chi connectivity index (χ2v) is 8.60. The predicted octanol–water partition coefficient (Wildman–Crippen LogP) is 1.55. The van der Waals surface area contributed by atoms with Gasteiger partial charge in [0.15, 0.2) is 0 Å². The molecule has 1 N–H and O–H groups in total. The topological polar surface area (TPSA) is 117 Å². The van der Waals surface area contributed by atoms with Crippen LogP contribution in [0.3, 0.4) is 0 Å². The molecule has 6 atom stereocenters. The summed E-state index contributed by atoms with van der Waals surface area (Å²) in [5.74, 6) is -7.84. The molecular formula is C26H27NO8. The molecule has 2 saturated heterocycles. The third kappa shape index (κ3) is 3.25. The maximum Gasteiger partial charge on any atom is 0.311 e. The van der Waals surface area contributed by atoms with Gasteiger partial charge in [-0.1, -0.05) is 60.7 Å². The highest BCUT2D eigenvalue weighted by Crippen LogP contribution is 2.67. The molecule has 0 radical (unpaired) electrons. The zero-order chi connectivity index (χ0) is 25.4. The molecule has 184 valence electrons. The van der Waals surface area contributed by atoms with Crippen LogP contribution in [-0.2, 0) is 49.2 Å². The van der Waals surface area contributed by atoms with Crippen LogP contribution in [0.15, 0.2) is 60.7 Å². The Bertz CT molecular complexity index is 999. The van der Waals surface area contributed by atoms with Crippen molar-refractivity contribution in [3.8, 4) is 0 Å². The zero-order valence-electron chi connectivity index (χ0n) is 19.8. The fraction of sp³-hybridized carbons (Fsp3) is 0.385. The van der Waals surface area contributed by atoms with E-state index in [0.29, 0.717) is 11.1 Å². The standard InChI is InChI=1S/C26H27NO8/c1-32-21(28)17-18(22(29)33-2)26(16-13-9-6-10-14-16)20(24(31)35-4)19(23(30)34-3)25(17,27-26)15-11-7-5-8-12-15/h5-14,17-20,27H,1-4H3/t17-,18+,19+,20-,25?,26?. The zero-order valence-corrected chi connectivity index (χ0v) is 19.8. The number of fused-ring (bicyclic) bond motifs is 2. The molecule has 9 nitrogen and oxygen atoms in total. The summed E-state index contributed by atoms with van der Waals surface area (Å²) in [7, 11) is 4.84. The van der Waals surface area contributed by atoms with Crippen molar-refractivity contribution in [3.05, 3.63) is 71.8 Å². The molecule has 0 aromatic heterocycles. The van der Waals surface area contributed by atoms with Gasteiger partial charge < -0.3 is 18.9 Å². The SMILES string of the molecule is COC(=O)[C@@H]1[C@H](C(=O)OC)C2(c3ccccc3)NC1(c1ccccc1)[C@@H](C(=O)OC)[C@H]2C(=O)OC. The molecule has 2 unspecified atom stereocenters. The Hall–Kier alpha value is -3.72. The fourth-order valence-corrected chi connectivity index (χ4v) is 6.18. The van der Waals surface area contributed by atoms with Crippen LogP contribution in [0.5, 0.6) is 0 Å². The quantitative estimate of drug-likeness (QED) is 0.484. The van der Waals surface area contributed by atoms with Gasteiger partial charge >= 0.3 is 23.9 Å². The van der Waals surface area contributed by atoms with Crippen LogP contribution >= 0.6 is 0 Å². The van der Waals surface area contributed by atoms with Crippen LogP contribution in [-0.4, -0.2) is 52.3 Å². The first-order valence-corrected chi connectivity index (χ1v) is 11.1. The van der Waals surface area contributed by atoms with E-state index in [9.17, 15) is 19.2 Å². The van der Waals surface area contributed by atoms with E-state index in [1.807, 2.05) is 0 Å². The Morgan fingerprint density at radius 3 is 1.03 bits per heavy atom. The average Bonchev–Trinajstić information content (AvgIpc) is 3.41. The number of carbonyl (C=O) groups is 4. The number of esters is 4. The van der Waals surface area contributed by atoms with Crippen molar-refractivity contribution in [1.29, 1.82) is 0 Å². The largest absolute Gasteiger partial charge is 0.469 e. The van der Waals surface area contributed by atoms with Crippen LogP contribution in [0.4, 0.5) is 0 Å². The lowest BCUT2D eigenvalue weighted by Gasteiger charge is -2.45. The second kappa shape index (κ2) is 9.14. The van der Waals surface area contributed by atoms with E-state index in [1.165, 1.54) is 28.4 Å². The normalized spacial score (nSPS) is 30.9. The summed E-state index contributed by atoms with van der Waals surface area (Å²) in [6.07, 6.45) is 0. The number of ether oxygens (including phenoxy) is 4. The molecule has 35 heavy (non-hydrogen) atoms. The van der Waals surface area contributed by atoms with Crippen molar-refractivity contribution in [1.82, 2.24) is 5.32 Å². The Morgan fingerprint density at radius 2 is 0.800 bits per heavy atom. The van der Waals surface area contributed by atoms with Crippen LogP contribution < -0.4 is 5.32 Å². The highest BCUT2D eigenvalue weighted by molar-refractivity contribution is 5.94. The number of hydrogen-bond acceptors (Lipinski definition) is 9. The van der Waals surface area contributed by atoms with Crippen molar-refractivity contribution < 1.29 is 38.1 Å². The van der Waals surface area contributed by atoms with Crippen molar-refractivity contribution in [2.75, 3.05) is 28.4 Å². The molecule has 2 aromatic rings. The van der Waals surface area contributed by atoms with Gasteiger partial charge in [-0.2, -0.15) is 0 Å². The van der Waals surface area contributed by atoms with Gasteiger partial charge in [-0.15, -0.1) is 0 Å². The molecular weight excluding hydrogens is 454 g/mol. The Labute approximate surface area is 202 Å². The van der Waals surface area contributed by atoms with E-state index < -0.39 is 58.6 Å². The highest BCUT2D eigenvalue weighted by atomic mass is 16.5. The number of methoxy groups -OCH3 is 4. The number of rotatable bonds is 6. The minimum absolute atomic E-state index is 0.518. The van der Waals surface area contributed by atoms with Gasteiger partial charge in [-0.25, -0.2) is 0 Å². The smallest absolute Gasteiger partial charge is 0.311 e. The van der Waals surface area contributed by atoms with E-state index in [1.54, 1.807) is 60.7 Å². The molecule has 0 saturated carbocycles. The first-order valence-electron chi connectivity index (χ1n) is 11.1. The molecule has 0 aliphatic carbocycles. The van der Waals surface area contributed by atoms with E-state index >= 15 is 0 Å². The molecule has 2 aromatic carbocycles. The third-order valence-electron chi connectivity index (χ3n) is 7.37. The van der Waals surface area contributed by atoms with Gasteiger partial charge in [-0.05, 0) is 11.1 Å². The van der Waals surface area contributed by atoms with E-state index in [0.717, 1.165) is 0 Å². The van der Waals surface area contributed by atoms with Gasteiger partial charge in [-0.3, -0.25) is 24.5 Å². The molecule has 0 amide bonds. The van der Waals surface area contributed by atoms with Gasteiger partial charge in [0, 0.05) is 0 Å². The summed E-state index contributed by atoms with van der Waals surface area (Å²) in [6.45, 7) is 0. The lowest BCUT2D eigenvalue weighted by Crippen LogP contribution is -2.59. The van der Waals surface area contributed by atoms with E-state index in [-0.39, 0.29) is 0 Å². The lowest BCUT2D eigenvalue weighted by atomic mass is 9.53. The number of benzene rings is 2. The Kier molecular flexibility index (Phi) is 6.38. The van der Waals surface area contributed by atoms with Gasteiger partial charge in [0.25, 0.3) is 0 Å².